The number of anilines is 3. The minimum atomic E-state index is -1.01. The third kappa shape index (κ3) is 3.83. The maximum Gasteiger partial charge on any atom is 0.274 e. The van der Waals surface area contributed by atoms with Gasteiger partial charge in [0.1, 0.15) is 29.1 Å². The smallest absolute Gasteiger partial charge is 0.274 e. The van der Waals surface area contributed by atoms with E-state index in [1.54, 1.807) is 38.6 Å². The second-order valence-corrected chi connectivity index (χ2v) is 6.94. The highest BCUT2D eigenvalue weighted by Crippen LogP contribution is 2.26. The summed E-state index contributed by atoms with van der Waals surface area (Å²) in [6, 6.07) is 4.60. The van der Waals surface area contributed by atoms with Crippen LogP contribution >= 0.6 is 0 Å². The number of carbonyl (C=O) groups excluding carboxylic acids is 1. The number of ether oxygens (including phenoxy) is 1. The van der Waals surface area contributed by atoms with Gasteiger partial charge in [-0.25, -0.2) is 9.37 Å². The van der Waals surface area contributed by atoms with Crippen LogP contribution in [0.2, 0.25) is 0 Å². The number of fused-ring (bicyclic) bond motifs is 1. The lowest BCUT2D eigenvalue weighted by Crippen LogP contribution is -2.27. The average molecular weight is 415 g/mol. The molecule has 158 valence electrons. The van der Waals surface area contributed by atoms with Crippen molar-refractivity contribution in [3.8, 4) is 0 Å². The zero-order valence-corrected chi connectivity index (χ0v) is 16.6. The largest absolute Gasteiger partial charge is 0.383 e. The number of methoxy groups -OCH3 is 1. The highest BCUT2D eigenvalue weighted by Gasteiger charge is 2.39. The summed E-state index contributed by atoms with van der Waals surface area (Å²) in [6.45, 7) is 0.829. The minimum Gasteiger partial charge on any atom is -0.383 e. The molecule has 0 radical (unpaired) electrons. The van der Waals surface area contributed by atoms with Gasteiger partial charge in [0.2, 0.25) is 0 Å². The lowest BCUT2D eigenvalue weighted by atomic mass is 10.3. The normalized spacial score (nSPS) is 17.7. The molecule has 2 atom stereocenters. The number of halogens is 1. The molecule has 30 heavy (non-hydrogen) atoms. The molecule has 0 aromatic carbocycles. The van der Waals surface area contributed by atoms with Gasteiger partial charge in [-0.05, 0) is 12.1 Å². The third-order valence-electron chi connectivity index (χ3n) is 4.82. The monoisotopic (exact) mass is 415 g/mol. The summed E-state index contributed by atoms with van der Waals surface area (Å²) in [5.41, 5.74) is 0.612. The molecule has 0 bridgehead atoms. The van der Waals surface area contributed by atoms with Gasteiger partial charge in [-0.2, -0.15) is 9.61 Å². The number of rotatable bonds is 8. The quantitative estimate of drug-likeness (QED) is 0.506. The number of aromatic nitrogens is 4. The summed E-state index contributed by atoms with van der Waals surface area (Å²) in [6.07, 6.45) is 2.37. The van der Waals surface area contributed by atoms with E-state index in [1.165, 1.54) is 15.3 Å². The van der Waals surface area contributed by atoms with E-state index in [9.17, 15) is 14.0 Å². The fraction of sp³-hybridized carbons (Fsp3) is 0.368. The van der Waals surface area contributed by atoms with Crippen LogP contribution < -0.4 is 21.5 Å². The molecular weight excluding hydrogens is 393 g/mol. The van der Waals surface area contributed by atoms with Crippen molar-refractivity contribution in [2.75, 3.05) is 31.4 Å². The Morgan fingerprint density at radius 2 is 2.23 bits per heavy atom. The van der Waals surface area contributed by atoms with Gasteiger partial charge < -0.3 is 25.3 Å². The average Bonchev–Trinajstić information content (AvgIpc) is 3.25. The van der Waals surface area contributed by atoms with Crippen LogP contribution in [-0.4, -0.2) is 58.1 Å². The van der Waals surface area contributed by atoms with Crippen molar-refractivity contribution >= 4 is 28.9 Å². The summed E-state index contributed by atoms with van der Waals surface area (Å²) in [7, 11) is 3.28. The first-order valence-corrected chi connectivity index (χ1v) is 9.48. The zero-order valence-electron chi connectivity index (χ0n) is 16.6. The van der Waals surface area contributed by atoms with Crippen molar-refractivity contribution in [2.45, 2.75) is 25.2 Å². The Labute approximate surface area is 171 Å². The van der Waals surface area contributed by atoms with Gasteiger partial charge in [0.05, 0.1) is 18.8 Å². The summed E-state index contributed by atoms with van der Waals surface area (Å²) in [4.78, 5) is 29.6. The topological polar surface area (TPSA) is 115 Å². The third-order valence-corrected chi connectivity index (χ3v) is 4.82. The van der Waals surface area contributed by atoms with Crippen molar-refractivity contribution < 1.29 is 13.9 Å². The van der Waals surface area contributed by atoms with Gasteiger partial charge in [-0.15, -0.1) is 0 Å². The molecule has 11 heteroatoms. The van der Waals surface area contributed by atoms with Crippen LogP contribution in [0.1, 0.15) is 16.8 Å². The highest BCUT2D eigenvalue weighted by molar-refractivity contribution is 6.00. The van der Waals surface area contributed by atoms with E-state index in [4.69, 9.17) is 4.74 Å². The predicted molar refractivity (Wildman–Crippen MR) is 109 cm³/mol. The Hall–Kier alpha value is -3.47. The number of amides is 1. The fourth-order valence-electron chi connectivity index (χ4n) is 3.06. The predicted octanol–water partition coefficient (Wildman–Crippen LogP) is 1.16. The summed E-state index contributed by atoms with van der Waals surface area (Å²) < 4.78 is 21.2. The van der Waals surface area contributed by atoms with E-state index in [0.29, 0.717) is 36.9 Å². The SMILES string of the molecule is CNc1cc(Nc2cccn(CCOC)c2=O)nc2c(C(=O)N[C@H]3C[C@H]3F)cnn12. The van der Waals surface area contributed by atoms with Crippen LogP contribution in [0, 0.1) is 0 Å². The maximum atomic E-state index is 13.2. The van der Waals surface area contributed by atoms with Gasteiger partial charge in [-0.3, -0.25) is 9.59 Å². The summed E-state index contributed by atoms with van der Waals surface area (Å²) >= 11 is 0. The van der Waals surface area contributed by atoms with E-state index >= 15 is 0 Å². The number of pyridine rings is 1. The molecule has 0 saturated heterocycles. The van der Waals surface area contributed by atoms with Gasteiger partial charge in [0.15, 0.2) is 5.65 Å². The molecule has 3 heterocycles. The number of alkyl halides is 1. The molecule has 0 unspecified atom stereocenters. The summed E-state index contributed by atoms with van der Waals surface area (Å²) in [5.74, 6) is 0.480. The number of hydrogen-bond donors (Lipinski definition) is 3. The molecule has 3 aromatic rings. The van der Waals surface area contributed by atoms with Crippen LogP contribution in [0.3, 0.4) is 0 Å². The molecule has 1 fully saturated rings. The molecular formula is C19H22FN7O3. The first-order chi connectivity index (χ1) is 14.5. The van der Waals surface area contributed by atoms with Crippen molar-refractivity contribution in [3.05, 3.63) is 46.5 Å². The number of carbonyl (C=O) groups is 1. The van der Waals surface area contributed by atoms with Crippen molar-refractivity contribution in [2.24, 2.45) is 0 Å². The molecule has 3 N–H and O–H groups in total. The Morgan fingerprint density at radius 3 is 2.93 bits per heavy atom. The second kappa shape index (κ2) is 8.11. The van der Waals surface area contributed by atoms with E-state index in [0.717, 1.165) is 0 Å². The van der Waals surface area contributed by atoms with Crippen molar-refractivity contribution in [1.82, 2.24) is 24.5 Å². The Balaban J connectivity index is 1.67. The van der Waals surface area contributed by atoms with Crippen LogP contribution in [0.5, 0.6) is 0 Å². The maximum absolute atomic E-state index is 13.2. The number of nitrogens with one attached hydrogen (secondary N) is 3. The molecule has 0 aliphatic heterocycles. The molecule has 10 nitrogen and oxygen atoms in total. The Morgan fingerprint density at radius 1 is 1.43 bits per heavy atom. The van der Waals surface area contributed by atoms with Gasteiger partial charge in [0.25, 0.3) is 11.5 Å². The Kier molecular flexibility index (Phi) is 5.36. The minimum absolute atomic E-state index is 0.222. The lowest BCUT2D eigenvalue weighted by Gasteiger charge is -2.11. The molecule has 1 saturated carbocycles. The van der Waals surface area contributed by atoms with E-state index < -0.39 is 18.1 Å². The van der Waals surface area contributed by atoms with Gasteiger partial charge in [-0.1, -0.05) is 0 Å². The second-order valence-electron chi connectivity index (χ2n) is 6.94. The van der Waals surface area contributed by atoms with Gasteiger partial charge >= 0.3 is 0 Å². The lowest BCUT2D eigenvalue weighted by molar-refractivity contribution is 0.0949. The standard InChI is InChI=1S/C19H22FN7O3/c1-21-16-9-15(23-13-4-3-5-26(19(13)29)6-7-30-2)25-17-11(10-22-27(16)17)18(28)24-14-8-12(14)20/h3-5,9-10,12,14,21H,6-8H2,1-2H3,(H,23,25)(H,24,28)/t12-,14+/m1/s1. The van der Waals surface area contributed by atoms with Crippen molar-refractivity contribution in [1.29, 1.82) is 0 Å². The van der Waals surface area contributed by atoms with Crippen LogP contribution in [-0.2, 0) is 11.3 Å². The Bertz CT molecular complexity index is 1140. The van der Waals surface area contributed by atoms with E-state index in [1.807, 2.05) is 0 Å². The van der Waals surface area contributed by atoms with Gasteiger partial charge in [0, 0.05) is 39.4 Å². The van der Waals surface area contributed by atoms with Crippen LogP contribution in [0.25, 0.3) is 5.65 Å². The number of nitrogens with zero attached hydrogens (tertiary/aromatic N) is 4. The molecule has 0 spiro atoms. The highest BCUT2D eigenvalue weighted by atomic mass is 19.1. The van der Waals surface area contributed by atoms with E-state index in [2.05, 4.69) is 26.0 Å². The van der Waals surface area contributed by atoms with Crippen molar-refractivity contribution in [3.63, 3.8) is 0 Å². The molecule has 3 aromatic heterocycles. The first-order valence-electron chi connectivity index (χ1n) is 9.48. The zero-order chi connectivity index (χ0) is 21.3. The molecule has 1 amide bonds. The van der Waals surface area contributed by atoms with E-state index in [-0.39, 0.29) is 16.8 Å². The molecule has 1 aliphatic rings. The summed E-state index contributed by atoms with van der Waals surface area (Å²) in [5, 5.41) is 12.8. The fourth-order valence-corrected chi connectivity index (χ4v) is 3.06. The molecule has 1 aliphatic carbocycles. The molecule has 4 rings (SSSR count). The number of hydrogen-bond acceptors (Lipinski definition) is 7. The van der Waals surface area contributed by atoms with Crippen LogP contribution in [0.15, 0.2) is 35.4 Å². The van der Waals surface area contributed by atoms with Crippen LogP contribution in [0.4, 0.5) is 21.7 Å². The first kappa shape index (κ1) is 19.8.